The maximum atomic E-state index is 12.4. The number of benzene rings is 2. The van der Waals surface area contributed by atoms with Gasteiger partial charge in [0, 0.05) is 18.7 Å². The summed E-state index contributed by atoms with van der Waals surface area (Å²) in [5.41, 5.74) is 2.91. The molecule has 0 unspecified atom stereocenters. The number of sulfonamides is 1. The summed E-state index contributed by atoms with van der Waals surface area (Å²) in [7, 11) is -3.34. The molecule has 7 nitrogen and oxygen atoms in total. The Bertz CT molecular complexity index is 984. The van der Waals surface area contributed by atoms with Crippen molar-refractivity contribution < 1.29 is 23.1 Å². The van der Waals surface area contributed by atoms with E-state index in [0.29, 0.717) is 24.2 Å². The van der Waals surface area contributed by atoms with Gasteiger partial charge in [-0.05, 0) is 54.3 Å². The van der Waals surface area contributed by atoms with E-state index in [9.17, 15) is 18.0 Å². The fraction of sp³-hybridized carbons (Fsp3) is 0.263. The molecular weight excluding hydrogens is 368 g/mol. The van der Waals surface area contributed by atoms with Crippen molar-refractivity contribution in [1.82, 2.24) is 5.32 Å². The number of nitrogens with zero attached hydrogens (tertiary/aromatic N) is 1. The Labute approximate surface area is 157 Å². The molecule has 2 aromatic carbocycles. The Kier molecular flexibility index (Phi) is 5.18. The normalized spacial score (nSPS) is 13.7. The van der Waals surface area contributed by atoms with Gasteiger partial charge >= 0.3 is 5.97 Å². The number of carboxylic acid groups (broad SMARTS) is 1. The molecule has 0 fully saturated rings. The van der Waals surface area contributed by atoms with Crippen LogP contribution in [-0.2, 0) is 23.0 Å². The third kappa shape index (κ3) is 4.28. The summed E-state index contributed by atoms with van der Waals surface area (Å²) in [5, 5.41) is 11.7. The topological polar surface area (TPSA) is 104 Å². The van der Waals surface area contributed by atoms with E-state index in [1.807, 2.05) is 0 Å². The Hall–Kier alpha value is -2.87. The van der Waals surface area contributed by atoms with Gasteiger partial charge in [-0.1, -0.05) is 12.1 Å². The second-order valence-electron chi connectivity index (χ2n) is 6.47. The minimum absolute atomic E-state index is 0.190. The van der Waals surface area contributed by atoms with Gasteiger partial charge in [0.1, 0.15) is 0 Å². The lowest BCUT2D eigenvalue weighted by atomic mass is 10.0. The molecule has 8 heteroatoms. The maximum absolute atomic E-state index is 12.4. The number of fused-ring (bicyclic) bond motifs is 1. The van der Waals surface area contributed by atoms with Crippen LogP contribution in [0.3, 0.4) is 0 Å². The lowest BCUT2D eigenvalue weighted by molar-refractivity contribution is 0.0696. The van der Waals surface area contributed by atoms with Crippen molar-refractivity contribution in [2.45, 2.75) is 19.4 Å². The van der Waals surface area contributed by atoms with E-state index in [1.54, 1.807) is 30.3 Å². The van der Waals surface area contributed by atoms with Gasteiger partial charge in [-0.2, -0.15) is 0 Å². The fourth-order valence-electron chi connectivity index (χ4n) is 3.10. The van der Waals surface area contributed by atoms with Gasteiger partial charge in [0.2, 0.25) is 10.0 Å². The zero-order chi connectivity index (χ0) is 19.6. The second-order valence-corrected chi connectivity index (χ2v) is 8.37. The zero-order valence-corrected chi connectivity index (χ0v) is 15.6. The molecule has 2 N–H and O–H groups in total. The van der Waals surface area contributed by atoms with E-state index in [4.69, 9.17) is 5.11 Å². The summed E-state index contributed by atoms with van der Waals surface area (Å²) in [6, 6.07) is 11.3. The van der Waals surface area contributed by atoms with Gasteiger partial charge in [-0.15, -0.1) is 0 Å². The summed E-state index contributed by atoms with van der Waals surface area (Å²) in [4.78, 5) is 23.3. The molecule has 0 aliphatic carbocycles. The summed E-state index contributed by atoms with van der Waals surface area (Å²) in [6.07, 6.45) is 2.61. The standard InChI is InChI=1S/C19H20N2O5S/c1-27(25,26)21-10-2-3-15-11-16(8-9-17(15)21)18(22)20-12-13-4-6-14(7-5-13)19(23)24/h4-9,11H,2-3,10,12H2,1H3,(H,20,22)(H,23,24). The molecule has 2 aromatic rings. The van der Waals surface area contributed by atoms with Crippen LogP contribution in [0.5, 0.6) is 0 Å². The average molecular weight is 388 g/mol. The van der Waals surface area contributed by atoms with E-state index >= 15 is 0 Å². The molecular formula is C19H20N2O5S. The summed E-state index contributed by atoms with van der Waals surface area (Å²) >= 11 is 0. The van der Waals surface area contributed by atoms with Crippen molar-refractivity contribution in [3.8, 4) is 0 Å². The minimum Gasteiger partial charge on any atom is -0.478 e. The summed E-state index contributed by atoms with van der Waals surface area (Å²) in [6.45, 7) is 0.717. The SMILES string of the molecule is CS(=O)(=O)N1CCCc2cc(C(=O)NCc3ccc(C(=O)O)cc3)ccc21. The lowest BCUT2D eigenvalue weighted by Crippen LogP contribution is -2.34. The van der Waals surface area contributed by atoms with Crippen LogP contribution in [0.4, 0.5) is 5.69 Å². The second kappa shape index (κ2) is 7.40. The Morgan fingerprint density at radius 3 is 2.41 bits per heavy atom. The summed E-state index contributed by atoms with van der Waals surface area (Å²) in [5.74, 6) is -1.26. The number of hydrogen-bond donors (Lipinski definition) is 2. The van der Waals surface area contributed by atoms with E-state index < -0.39 is 16.0 Å². The molecule has 27 heavy (non-hydrogen) atoms. The molecule has 0 saturated heterocycles. The quantitative estimate of drug-likeness (QED) is 0.816. The van der Waals surface area contributed by atoms with Crippen molar-refractivity contribution in [2.75, 3.05) is 17.1 Å². The lowest BCUT2D eigenvalue weighted by Gasteiger charge is -2.29. The Morgan fingerprint density at radius 2 is 1.78 bits per heavy atom. The van der Waals surface area contributed by atoms with E-state index in [0.717, 1.165) is 17.5 Å². The van der Waals surface area contributed by atoms with Crippen LogP contribution in [0.2, 0.25) is 0 Å². The third-order valence-corrected chi connectivity index (χ3v) is 5.65. The van der Waals surface area contributed by atoms with Crippen LogP contribution in [0.15, 0.2) is 42.5 Å². The molecule has 0 aromatic heterocycles. The van der Waals surface area contributed by atoms with Crippen LogP contribution in [-0.4, -0.2) is 38.2 Å². The smallest absolute Gasteiger partial charge is 0.335 e. The predicted octanol–water partition coefficient (Wildman–Crippen LogP) is 2.03. The van der Waals surface area contributed by atoms with Crippen molar-refractivity contribution >= 4 is 27.6 Å². The first-order valence-corrected chi connectivity index (χ1v) is 10.3. The van der Waals surface area contributed by atoms with Crippen LogP contribution < -0.4 is 9.62 Å². The monoisotopic (exact) mass is 388 g/mol. The molecule has 1 aliphatic heterocycles. The first kappa shape index (κ1) is 18.9. The first-order valence-electron chi connectivity index (χ1n) is 8.47. The third-order valence-electron chi connectivity index (χ3n) is 4.47. The largest absolute Gasteiger partial charge is 0.478 e. The van der Waals surface area contributed by atoms with E-state index in [1.165, 1.54) is 22.7 Å². The molecule has 0 spiro atoms. The number of amides is 1. The van der Waals surface area contributed by atoms with Crippen LogP contribution >= 0.6 is 0 Å². The molecule has 0 bridgehead atoms. The average Bonchev–Trinajstić information content (AvgIpc) is 2.64. The van der Waals surface area contributed by atoms with Gasteiger partial charge in [-0.25, -0.2) is 13.2 Å². The Balaban J connectivity index is 1.71. The molecule has 142 valence electrons. The van der Waals surface area contributed by atoms with Gasteiger partial charge in [0.05, 0.1) is 17.5 Å². The van der Waals surface area contributed by atoms with Gasteiger partial charge in [0.25, 0.3) is 5.91 Å². The molecule has 1 heterocycles. The first-order chi connectivity index (χ1) is 12.8. The minimum atomic E-state index is -3.34. The number of nitrogens with one attached hydrogen (secondary N) is 1. The molecule has 0 radical (unpaired) electrons. The van der Waals surface area contributed by atoms with Crippen LogP contribution in [0.25, 0.3) is 0 Å². The molecule has 0 saturated carbocycles. The highest BCUT2D eigenvalue weighted by atomic mass is 32.2. The van der Waals surface area contributed by atoms with Crippen molar-refractivity contribution in [3.63, 3.8) is 0 Å². The van der Waals surface area contributed by atoms with E-state index in [-0.39, 0.29) is 18.0 Å². The number of rotatable bonds is 5. The molecule has 1 amide bonds. The van der Waals surface area contributed by atoms with Gasteiger partial charge in [-0.3, -0.25) is 9.10 Å². The number of carboxylic acids is 1. The van der Waals surface area contributed by atoms with Crippen LogP contribution in [0.1, 0.15) is 38.3 Å². The zero-order valence-electron chi connectivity index (χ0n) is 14.8. The highest BCUT2D eigenvalue weighted by molar-refractivity contribution is 7.92. The number of hydrogen-bond acceptors (Lipinski definition) is 4. The van der Waals surface area contributed by atoms with Gasteiger partial charge in [0.15, 0.2) is 0 Å². The number of aryl methyl sites for hydroxylation is 1. The highest BCUT2D eigenvalue weighted by Crippen LogP contribution is 2.29. The van der Waals surface area contributed by atoms with Crippen molar-refractivity contribution in [2.24, 2.45) is 0 Å². The summed E-state index contributed by atoms with van der Waals surface area (Å²) < 4.78 is 25.2. The van der Waals surface area contributed by atoms with Crippen molar-refractivity contribution in [3.05, 3.63) is 64.7 Å². The molecule has 0 atom stereocenters. The number of carbonyl (C=O) groups excluding carboxylic acids is 1. The maximum Gasteiger partial charge on any atom is 0.335 e. The highest BCUT2D eigenvalue weighted by Gasteiger charge is 2.24. The number of carbonyl (C=O) groups is 2. The number of aromatic carboxylic acids is 1. The van der Waals surface area contributed by atoms with Gasteiger partial charge < -0.3 is 10.4 Å². The predicted molar refractivity (Wildman–Crippen MR) is 102 cm³/mol. The van der Waals surface area contributed by atoms with Crippen molar-refractivity contribution in [1.29, 1.82) is 0 Å². The number of anilines is 1. The van der Waals surface area contributed by atoms with E-state index in [2.05, 4.69) is 5.32 Å². The molecule has 3 rings (SSSR count). The fourth-order valence-corrected chi connectivity index (χ4v) is 4.09. The Morgan fingerprint density at radius 1 is 1.11 bits per heavy atom. The molecule has 1 aliphatic rings. The van der Waals surface area contributed by atoms with Crippen LogP contribution in [0, 0.1) is 0 Å².